The Hall–Kier alpha value is -2.68. The zero-order valence-electron chi connectivity index (χ0n) is 17.6. The van der Waals surface area contributed by atoms with Gasteiger partial charge in [-0.05, 0) is 67.8 Å². The molecule has 0 aromatic heterocycles. The summed E-state index contributed by atoms with van der Waals surface area (Å²) >= 11 is 7.48. The van der Waals surface area contributed by atoms with E-state index < -0.39 is 22.5 Å². The Bertz CT molecular complexity index is 1180. The van der Waals surface area contributed by atoms with Crippen LogP contribution in [-0.2, 0) is 14.8 Å². The SMILES string of the molecule is CCOc1ccccc1N(CC(=O)Nc1cccc(SC)c1)S(=O)(=O)c1ccc(Cl)cc1. The monoisotopic (exact) mass is 490 g/mol. The predicted molar refractivity (Wildman–Crippen MR) is 130 cm³/mol. The number of carbonyl (C=O) groups is 1. The van der Waals surface area contributed by atoms with Gasteiger partial charge < -0.3 is 10.1 Å². The number of nitrogens with zero attached hydrogens (tertiary/aromatic N) is 1. The molecule has 3 aromatic carbocycles. The summed E-state index contributed by atoms with van der Waals surface area (Å²) in [6.07, 6.45) is 1.94. The van der Waals surface area contributed by atoms with E-state index in [0.29, 0.717) is 23.1 Å². The molecule has 9 heteroatoms. The summed E-state index contributed by atoms with van der Waals surface area (Å²) in [4.78, 5) is 13.9. The van der Waals surface area contributed by atoms with E-state index in [2.05, 4.69) is 5.32 Å². The number of anilines is 2. The Labute approximate surface area is 197 Å². The van der Waals surface area contributed by atoms with E-state index in [-0.39, 0.29) is 10.6 Å². The highest BCUT2D eigenvalue weighted by Crippen LogP contribution is 2.33. The topological polar surface area (TPSA) is 75.7 Å². The Morgan fingerprint density at radius 3 is 2.47 bits per heavy atom. The number of nitrogens with one attached hydrogen (secondary N) is 1. The number of para-hydroxylation sites is 2. The van der Waals surface area contributed by atoms with Crippen LogP contribution in [0.2, 0.25) is 5.02 Å². The standard InChI is InChI=1S/C23H23ClN2O4S2/c1-3-30-22-10-5-4-9-21(22)26(32(28,29)20-13-11-17(24)12-14-20)16-23(27)25-18-7-6-8-19(15-18)31-2/h4-15H,3,16H2,1-2H3,(H,25,27). The van der Waals surface area contributed by atoms with Crippen molar-refractivity contribution < 1.29 is 17.9 Å². The fraction of sp³-hybridized carbons (Fsp3) is 0.174. The summed E-state index contributed by atoms with van der Waals surface area (Å²) < 4.78 is 33.8. The van der Waals surface area contributed by atoms with Crippen LogP contribution in [0.1, 0.15) is 6.92 Å². The minimum absolute atomic E-state index is 0.0189. The molecule has 3 aromatic rings. The third-order valence-corrected chi connectivity index (χ3v) is 7.23. The van der Waals surface area contributed by atoms with Gasteiger partial charge in [0.25, 0.3) is 10.0 Å². The molecular weight excluding hydrogens is 468 g/mol. The van der Waals surface area contributed by atoms with E-state index in [4.69, 9.17) is 16.3 Å². The van der Waals surface area contributed by atoms with E-state index in [0.717, 1.165) is 9.20 Å². The average molecular weight is 491 g/mol. The number of benzene rings is 3. The van der Waals surface area contributed by atoms with Gasteiger partial charge >= 0.3 is 0 Å². The van der Waals surface area contributed by atoms with Crippen LogP contribution in [0.3, 0.4) is 0 Å². The van der Waals surface area contributed by atoms with Crippen LogP contribution in [-0.4, -0.2) is 33.7 Å². The molecule has 0 radical (unpaired) electrons. The summed E-state index contributed by atoms with van der Waals surface area (Å²) in [6.45, 7) is 1.72. The van der Waals surface area contributed by atoms with Crippen LogP contribution >= 0.6 is 23.4 Å². The molecule has 1 amide bonds. The lowest BCUT2D eigenvalue weighted by molar-refractivity contribution is -0.114. The van der Waals surface area contributed by atoms with Crippen molar-refractivity contribution >= 4 is 50.7 Å². The van der Waals surface area contributed by atoms with Crippen molar-refractivity contribution in [3.05, 3.63) is 77.8 Å². The second-order valence-electron chi connectivity index (χ2n) is 6.65. The second kappa shape index (κ2) is 10.8. The first-order valence-electron chi connectivity index (χ1n) is 9.79. The van der Waals surface area contributed by atoms with Crippen molar-refractivity contribution in [3.8, 4) is 5.75 Å². The Kier molecular flexibility index (Phi) is 8.06. The summed E-state index contributed by atoms with van der Waals surface area (Å²) in [5, 5.41) is 3.19. The highest BCUT2D eigenvalue weighted by atomic mass is 35.5. The van der Waals surface area contributed by atoms with Gasteiger partial charge in [0, 0.05) is 15.6 Å². The maximum atomic E-state index is 13.5. The molecule has 0 spiro atoms. The first-order chi connectivity index (χ1) is 15.3. The molecule has 0 unspecified atom stereocenters. The predicted octanol–water partition coefficient (Wildman–Crippen LogP) is 5.29. The highest BCUT2D eigenvalue weighted by Gasteiger charge is 2.29. The van der Waals surface area contributed by atoms with Crippen LogP contribution in [0.5, 0.6) is 5.75 Å². The van der Waals surface area contributed by atoms with Gasteiger partial charge in [-0.1, -0.05) is 29.8 Å². The normalized spacial score (nSPS) is 11.1. The van der Waals surface area contributed by atoms with Crippen molar-refractivity contribution in [1.82, 2.24) is 0 Å². The van der Waals surface area contributed by atoms with Crippen molar-refractivity contribution in [2.75, 3.05) is 29.0 Å². The molecule has 3 rings (SSSR count). The molecule has 0 aliphatic carbocycles. The lowest BCUT2D eigenvalue weighted by atomic mass is 10.3. The maximum absolute atomic E-state index is 13.5. The summed E-state index contributed by atoms with van der Waals surface area (Å²) in [5.74, 6) is -0.114. The number of carbonyl (C=O) groups excluding carboxylic acids is 1. The molecule has 0 bridgehead atoms. The fourth-order valence-electron chi connectivity index (χ4n) is 3.01. The van der Waals surface area contributed by atoms with Crippen molar-refractivity contribution in [2.45, 2.75) is 16.7 Å². The quantitative estimate of drug-likeness (QED) is 0.412. The largest absolute Gasteiger partial charge is 0.492 e. The van der Waals surface area contributed by atoms with Gasteiger partial charge in [0.15, 0.2) is 0 Å². The molecule has 0 aliphatic rings. The van der Waals surface area contributed by atoms with E-state index >= 15 is 0 Å². The first kappa shape index (κ1) is 24.0. The number of thioether (sulfide) groups is 1. The minimum atomic E-state index is -4.08. The number of ether oxygens (including phenoxy) is 1. The van der Waals surface area contributed by atoms with E-state index in [1.165, 1.54) is 24.3 Å². The van der Waals surface area contributed by atoms with Crippen LogP contribution in [0, 0.1) is 0 Å². The maximum Gasteiger partial charge on any atom is 0.264 e. The Morgan fingerprint density at radius 2 is 1.78 bits per heavy atom. The van der Waals surface area contributed by atoms with Crippen LogP contribution in [0.15, 0.2) is 82.6 Å². The molecule has 0 aliphatic heterocycles. The first-order valence-corrected chi connectivity index (χ1v) is 12.8. The number of hydrogen-bond donors (Lipinski definition) is 1. The van der Waals surface area contributed by atoms with E-state index in [1.54, 1.807) is 49.0 Å². The molecule has 32 heavy (non-hydrogen) atoms. The van der Waals surface area contributed by atoms with E-state index in [1.807, 2.05) is 24.5 Å². The Morgan fingerprint density at radius 1 is 1.06 bits per heavy atom. The van der Waals surface area contributed by atoms with Gasteiger partial charge in [0.1, 0.15) is 12.3 Å². The molecule has 6 nitrogen and oxygen atoms in total. The lowest BCUT2D eigenvalue weighted by Crippen LogP contribution is -2.38. The minimum Gasteiger partial charge on any atom is -0.492 e. The van der Waals surface area contributed by atoms with Gasteiger partial charge in [-0.3, -0.25) is 9.10 Å². The van der Waals surface area contributed by atoms with Gasteiger partial charge in [-0.25, -0.2) is 8.42 Å². The molecule has 0 heterocycles. The van der Waals surface area contributed by atoms with E-state index in [9.17, 15) is 13.2 Å². The van der Waals surface area contributed by atoms with Crippen molar-refractivity contribution in [3.63, 3.8) is 0 Å². The molecule has 0 saturated heterocycles. The zero-order valence-corrected chi connectivity index (χ0v) is 20.0. The van der Waals surface area contributed by atoms with Gasteiger partial charge in [0.2, 0.25) is 5.91 Å². The molecule has 0 fully saturated rings. The van der Waals surface area contributed by atoms with Crippen LogP contribution in [0.25, 0.3) is 0 Å². The molecular formula is C23H23ClN2O4S2. The summed E-state index contributed by atoms with van der Waals surface area (Å²) in [6, 6.07) is 19.9. The smallest absolute Gasteiger partial charge is 0.264 e. The molecule has 1 N–H and O–H groups in total. The van der Waals surface area contributed by atoms with Crippen LogP contribution < -0.4 is 14.4 Å². The van der Waals surface area contributed by atoms with Crippen molar-refractivity contribution in [2.24, 2.45) is 0 Å². The Balaban J connectivity index is 1.99. The summed E-state index contributed by atoms with van der Waals surface area (Å²) in [7, 11) is -4.08. The lowest BCUT2D eigenvalue weighted by Gasteiger charge is -2.26. The van der Waals surface area contributed by atoms with Gasteiger partial charge in [-0.2, -0.15) is 0 Å². The third kappa shape index (κ3) is 5.76. The molecule has 0 atom stereocenters. The number of amides is 1. The summed E-state index contributed by atoms with van der Waals surface area (Å²) in [5.41, 5.74) is 0.862. The molecule has 168 valence electrons. The number of rotatable bonds is 9. The highest BCUT2D eigenvalue weighted by molar-refractivity contribution is 7.98. The van der Waals surface area contributed by atoms with Gasteiger partial charge in [-0.15, -0.1) is 11.8 Å². The second-order valence-corrected chi connectivity index (χ2v) is 9.82. The number of hydrogen-bond acceptors (Lipinski definition) is 5. The van der Waals surface area contributed by atoms with Crippen molar-refractivity contribution in [1.29, 1.82) is 0 Å². The van der Waals surface area contributed by atoms with Gasteiger partial charge in [0.05, 0.1) is 17.2 Å². The fourth-order valence-corrected chi connectivity index (χ4v) is 5.02. The third-order valence-electron chi connectivity index (χ3n) is 4.48. The van der Waals surface area contributed by atoms with Crippen LogP contribution in [0.4, 0.5) is 11.4 Å². The number of sulfonamides is 1. The number of halogens is 1. The average Bonchev–Trinajstić information content (AvgIpc) is 2.78. The molecule has 0 saturated carbocycles. The zero-order chi connectivity index (χ0) is 23.1.